The Bertz CT molecular complexity index is 957. The molecule has 1 amide bonds. The fourth-order valence-corrected chi connectivity index (χ4v) is 4.95. The predicted molar refractivity (Wildman–Crippen MR) is 96.9 cm³/mol. The maximum absolute atomic E-state index is 12.5. The minimum atomic E-state index is -3.40. The van der Waals surface area contributed by atoms with Crippen LogP contribution in [0.1, 0.15) is 12.8 Å². The average molecular weight is 395 g/mol. The van der Waals surface area contributed by atoms with Gasteiger partial charge in [0.25, 0.3) is 0 Å². The van der Waals surface area contributed by atoms with Gasteiger partial charge in [0.2, 0.25) is 22.7 Å². The van der Waals surface area contributed by atoms with Crippen LogP contribution in [0.2, 0.25) is 0 Å². The molecular weight excluding hydrogens is 378 g/mol. The van der Waals surface area contributed by atoms with Crippen molar-refractivity contribution in [1.82, 2.24) is 9.29 Å². The zero-order valence-electron chi connectivity index (χ0n) is 14.0. The van der Waals surface area contributed by atoms with Gasteiger partial charge < -0.3 is 14.8 Å². The molecule has 0 unspecified atom stereocenters. The lowest BCUT2D eigenvalue weighted by atomic mass is 10.1. The van der Waals surface area contributed by atoms with E-state index in [0.29, 0.717) is 41.7 Å². The first-order valence-electron chi connectivity index (χ1n) is 8.05. The van der Waals surface area contributed by atoms with E-state index in [1.54, 1.807) is 0 Å². The van der Waals surface area contributed by atoms with E-state index in [-0.39, 0.29) is 12.7 Å². The summed E-state index contributed by atoms with van der Waals surface area (Å²) in [6, 6.07) is 4.85. The van der Waals surface area contributed by atoms with Crippen molar-refractivity contribution in [3.63, 3.8) is 0 Å². The lowest BCUT2D eigenvalue weighted by Gasteiger charge is -2.20. The van der Waals surface area contributed by atoms with Crippen molar-refractivity contribution in [3.8, 4) is 22.8 Å². The Morgan fingerprint density at radius 1 is 1.35 bits per heavy atom. The third-order valence-electron chi connectivity index (χ3n) is 4.33. The standard InChI is InChI=1S/C16H17N3O5S2/c1-26(21,22)19-6-2-3-12(19)15(20)18-16-17-11(8-25-16)10-4-5-13-14(7-10)24-9-23-13/h4-5,7-8,12H,2-3,6,9H2,1H3,(H,17,18,20)/t12-/m0/s1. The molecule has 138 valence electrons. The summed E-state index contributed by atoms with van der Waals surface area (Å²) in [5, 5.41) is 5.00. The molecule has 1 atom stereocenters. The summed E-state index contributed by atoms with van der Waals surface area (Å²) in [6.45, 7) is 0.576. The fraction of sp³-hybridized carbons (Fsp3) is 0.375. The summed E-state index contributed by atoms with van der Waals surface area (Å²) in [7, 11) is -3.40. The van der Waals surface area contributed by atoms with Gasteiger partial charge in [-0.15, -0.1) is 11.3 Å². The molecule has 2 aliphatic heterocycles. The van der Waals surface area contributed by atoms with Crippen LogP contribution in [-0.4, -0.2) is 49.2 Å². The summed E-state index contributed by atoms with van der Waals surface area (Å²) in [6.07, 6.45) is 2.31. The average Bonchev–Trinajstić information content (AvgIpc) is 3.33. The molecule has 0 saturated carbocycles. The molecule has 0 radical (unpaired) electrons. The number of carbonyl (C=O) groups is 1. The quantitative estimate of drug-likeness (QED) is 0.849. The van der Waals surface area contributed by atoms with Crippen LogP contribution in [0.5, 0.6) is 11.5 Å². The van der Waals surface area contributed by atoms with Gasteiger partial charge in [0.1, 0.15) is 6.04 Å². The SMILES string of the molecule is CS(=O)(=O)N1CCC[C@H]1C(=O)Nc1nc(-c2ccc3c(c2)OCO3)cs1. The number of hydrogen-bond acceptors (Lipinski definition) is 7. The molecule has 8 nitrogen and oxygen atoms in total. The molecular formula is C16H17N3O5S2. The molecule has 0 bridgehead atoms. The van der Waals surface area contributed by atoms with E-state index in [4.69, 9.17) is 9.47 Å². The molecule has 2 aromatic rings. The number of nitrogens with zero attached hydrogens (tertiary/aromatic N) is 2. The zero-order chi connectivity index (χ0) is 18.3. The van der Waals surface area contributed by atoms with E-state index in [2.05, 4.69) is 10.3 Å². The molecule has 0 spiro atoms. The molecule has 1 N–H and O–H groups in total. The Balaban J connectivity index is 1.49. The highest BCUT2D eigenvalue weighted by atomic mass is 32.2. The molecule has 26 heavy (non-hydrogen) atoms. The number of sulfonamides is 1. The monoisotopic (exact) mass is 395 g/mol. The number of carbonyl (C=O) groups excluding carboxylic acids is 1. The topological polar surface area (TPSA) is 97.8 Å². The number of hydrogen-bond donors (Lipinski definition) is 1. The van der Waals surface area contributed by atoms with Crippen LogP contribution in [0.4, 0.5) is 5.13 Å². The van der Waals surface area contributed by atoms with Crippen molar-refractivity contribution in [3.05, 3.63) is 23.6 Å². The van der Waals surface area contributed by atoms with Crippen molar-refractivity contribution in [2.45, 2.75) is 18.9 Å². The predicted octanol–water partition coefficient (Wildman–Crippen LogP) is 1.90. The maximum atomic E-state index is 12.5. The van der Waals surface area contributed by atoms with Crippen molar-refractivity contribution < 1.29 is 22.7 Å². The van der Waals surface area contributed by atoms with Gasteiger partial charge in [0, 0.05) is 17.5 Å². The molecule has 1 aromatic carbocycles. The van der Waals surface area contributed by atoms with Crippen molar-refractivity contribution >= 4 is 32.4 Å². The van der Waals surface area contributed by atoms with Gasteiger partial charge in [-0.3, -0.25) is 4.79 Å². The highest BCUT2D eigenvalue weighted by Gasteiger charge is 2.36. The third kappa shape index (κ3) is 3.27. The minimum Gasteiger partial charge on any atom is -0.454 e. The van der Waals surface area contributed by atoms with Crippen molar-refractivity contribution in [1.29, 1.82) is 0 Å². The maximum Gasteiger partial charge on any atom is 0.244 e. The van der Waals surface area contributed by atoms with Crippen LogP contribution in [0, 0.1) is 0 Å². The van der Waals surface area contributed by atoms with Gasteiger partial charge in [0.15, 0.2) is 16.6 Å². The van der Waals surface area contributed by atoms with E-state index in [0.717, 1.165) is 11.8 Å². The van der Waals surface area contributed by atoms with Gasteiger partial charge in [-0.05, 0) is 31.0 Å². The van der Waals surface area contributed by atoms with Crippen molar-refractivity contribution in [2.75, 3.05) is 24.9 Å². The Morgan fingerprint density at radius 2 is 2.15 bits per heavy atom. The van der Waals surface area contributed by atoms with Gasteiger partial charge in [-0.1, -0.05) is 0 Å². The number of amides is 1. The van der Waals surface area contributed by atoms with Gasteiger partial charge in [-0.2, -0.15) is 4.31 Å². The number of fused-ring (bicyclic) bond motifs is 1. The molecule has 0 aliphatic carbocycles. The molecule has 1 saturated heterocycles. The van der Waals surface area contributed by atoms with Crippen LogP contribution in [0.3, 0.4) is 0 Å². The Hall–Kier alpha value is -2.17. The normalized spacial score (nSPS) is 19.7. The van der Waals surface area contributed by atoms with E-state index in [9.17, 15) is 13.2 Å². The Morgan fingerprint density at radius 3 is 2.96 bits per heavy atom. The van der Waals surface area contributed by atoms with Crippen molar-refractivity contribution in [2.24, 2.45) is 0 Å². The summed E-state index contributed by atoms with van der Waals surface area (Å²) < 4.78 is 35.5. The lowest BCUT2D eigenvalue weighted by Crippen LogP contribution is -2.42. The molecule has 3 heterocycles. The van der Waals surface area contributed by atoms with E-state index < -0.39 is 16.1 Å². The van der Waals surface area contributed by atoms with Gasteiger partial charge in [0.05, 0.1) is 11.9 Å². The second kappa shape index (κ2) is 6.53. The minimum absolute atomic E-state index is 0.204. The first-order valence-corrected chi connectivity index (χ1v) is 10.8. The molecule has 1 aromatic heterocycles. The summed E-state index contributed by atoms with van der Waals surface area (Å²) in [5.74, 6) is 1.01. The number of rotatable bonds is 4. The third-order valence-corrected chi connectivity index (χ3v) is 6.38. The highest BCUT2D eigenvalue weighted by Crippen LogP contribution is 2.36. The summed E-state index contributed by atoms with van der Waals surface area (Å²) >= 11 is 1.29. The number of nitrogens with one attached hydrogen (secondary N) is 1. The van der Waals surface area contributed by atoms with E-state index in [1.165, 1.54) is 15.6 Å². The van der Waals surface area contributed by atoms with Crippen LogP contribution in [0.25, 0.3) is 11.3 Å². The second-order valence-corrected chi connectivity index (χ2v) is 8.92. The summed E-state index contributed by atoms with van der Waals surface area (Å²) in [5.41, 5.74) is 1.56. The molecule has 4 rings (SSSR count). The Kier molecular flexibility index (Phi) is 4.33. The molecule has 1 fully saturated rings. The first-order chi connectivity index (χ1) is 12.4. The van der Waals surface area contributed by atoms with Crippen LogP contribution in [0.15, 0.2) is 23.6 Å². The lowest BCUT2D eigenvalue weighted by molar-refractivity contribution is -0.119. The van der Waals surface area contributed by atoms with Gasteiger partial charge >= 0.3 is 0 Å². The first kappa shape index (κ1) is 17.3. The van der Waals surface area contributed by atoms with Gasteiger partial charge in [-0.25, -0.2) is 13.4 Å². The summed E-state index contributed by atoms with van der Waals surface area (Å²) in [4.78, 5) is 16.9. The van der Waals surface area contributed by atoms with E-state index in [1.807, 2.05) is 23.6 Å². The zero-order valence-corrected chi connectivity index (χ0v) is 15.6. The van der Waals surface area contributed by atoms with E-state index >= 15 is 0 Å². The number of benzene rings is 1. The fourth-order valence-electron chi connectivity index (χ4n) is 3.11. The highest BCUT2D eigenvalue weighted by molar-refractivity contribution is 7.88. The van der Waals surface area contributed by atoms with Crippen LogP contribution < -0.4 is 14.8 Å². The van der Waals surface area contributed by atoms with Crippen LogP contribution in [-0.2, 0) is 14.8 Å². The number of aromatic nitrogens is 1. The Labute approximate surface area is 154 Å². The number of thiazole rings is 1. The molecule has 2 aliphatic rings. The van der Waals surface area contributed by atoms with Crippen LogP contribution >= 0.6 is 11.3 Å². The number of anilines is 1. The largest absolute Gasteiger partial charge is 0.454 e. The smallest absolute Gasteiger partial charge is 0.244 e. The number of ether oxygens (including phenoxy) is 2. The second-order valence-electron chi connectivity index (χ2n) is 6.13. The molecule has 10 heteroatoms.